The van der Waals surface area contributed by atoms with Crippen molar-refractivity contribution >= 4 is 5.97 Å². The van der Waals surface area contributed by atoms with Gasteiger partial charge in [0.1, 0.15) is 12.1 Å². The summed E-state index contributed by atoms with van der Waals surface area (Å²) in [5, 5.41) is 0. The molecule has 2 aliphatic rings. The van der Waals surface area contributed by atoms with E-state index in [2.05, 4.69) is 24.0 Å². The smallest absolute Gasteiger partial charge is 0.323 e. The molecule has 90 valence electrons. The second kappa shape index (κ2) is 4.15. The van der Waals surface area contributed by atoms with Crippen molar-refractivity contribution in [1.29, 1.82) is 0 Å². The van der Waals surface area contributed by atoms with Gasteiger partial charge in [-0.05, 0) is 18.9 Å². The average molecular weight is 231 g/mol. The fourth-order valence-electron chi connectivity index (χ4n) is 2.92. The maximum atomic E-state index is 11.7. The highest BCUT2D eigenvalue weighted by atomic mass is 16.6. The normalized spacial score (nSPS) is 30.1. The van der Waals surface area contributed by atoms with Gasteiger partial charge < -0.3 is 4.74 Å². The quantitative estimate of drug-likeness (QED) is 0.730. The van der Waals surface area contributed by atoms with Gasteiger partial charge in [0.05, 0.1) is 0 Å². The van der Waals surface area contributed by atoms with Crippen LogP contribution in [-0.4, -0.2) is 29.6 Å². The Bertz CT molecular complexity index is 417. The van der Waals surface area contributed by atoms with Gasteiger partial charge in [0.15, 0.2) is 0 Å². The fourth-order valence-corrected chi connectivity index (χ4v) is 2.92. The van der Waals surface area contributed by atoms with E-state index >= 15 is 0 Å². The predicted octanol–water partition coefficient (Wildman–Crippen LogP) is 2.14. The van der Waals surface area contributed by atoms with E-state index < -0.39 is 0 Å². The molecule has 2 saturated heterocycles. The topological polar surface area (TPSA) is 29.5 Å². The van der Waals surface area contributed by atoms with E-state index in [1.807, 2.05) is 18.2 Å². The minimum Gasteiger partial charge on any atom is -0.461 e. The summed E-state index contributed by atoms with van der Waals surface area (Å²) in [5.74, 6) is -0.0321. The Morgan fingerprint density at radius 1 is 1.35 bits per heavy atom. The van der Waals surface area contributed by atoms with Crippen LogP contribution in [0.4, 0.5) is 0 Å². The Kier molecular flexibility index (Phi) is 2.63. The third-order valence-electron chi connectivity index (χ3n) is 3.93. The van der Waals surface area contributed by atoms with Crippen molar-refractivity contribution in [3.63, 3.8) is 0 Å². The number of nitrogens with zero attached hydrogens (tertiary/aromatic N) is 1. The Morgan fingerprint density at radius 3 is 2.88 bits per heavy atom. The van der Waals surface area contributed by atoms with Crippen molar-refractivity contribution in [2.45, 2.75) is 38.0 Å². The van der Waals surface area contributed by atoms with Crippen LogP contribution in [0.25, 0.3) is 0 Å². The zero-order valence-corrected chi connectivity index (χ0v) is 10.0. The van der Waals surface area contributed by atoms with Gasteiger partial charge in [0, 0.05) is 19.0 Å². The molecule has 0 radical (unpaired) electrons. The minimum absolute atomic E-state index is 0.0241. The second-order valence-corrected chi connectivity index (χ2v) is 4.92. The molecule has 0 spiro atoms. The lowest BCUT2D eigenvalue weighted by molar-refractivity contribution is -0.143. The van der Waals surface area contributed by atoms with Crippen LogP contribution in [0.2, 0.25) is 0 Å². The third kappa shape index (κ3) is 1.84. The average Bonchev–Trinajstić information content (AvgIpc) is 2.66. The summed E-state index contributed by atoms with van der Waals surface area (Å²) < 4.78 is 5.32. The third-order valence-corrected chi connectivity index (χ3v) is 3.93. The molecule has 2 fully saturated rings. The molecule has 1 aromatic rings. The van der Waals surface area contributed by atoms with Gasteiger partial charge in [0.2, 0.25) is 0 Å². The standard InChI is InChI=1S/C14H17NO2/c1-10(11-5-3-2-4-6-11)15-8-7-12-9-13(15)14(16)17-12/h2-6,10,12-13H,7-9H2,1H3/t10-,12+,13-/m1/s1. The first-order valence-corrected chi connectivity index (χ1v) is 6.27. The highest BCUT2D eigenvalue weighted by Crippen LogP contribution is 2.34. The van der Waals surface area contributed by atoms with Crippen molar-refractivity contribution in [2.24, 2.45) is 0 Å². The van der Waals surface area contributed by atoms with E-state index in [0.717, 1.165) is 19.4 Å². The maximum absolute atomic E-state index is 11.7. The molecule has 0 aromatic heterocycles. The van der Waals surface area contributed by atoms with Crippen molar-refractivity contribution in [3.8, 4) is 0 Å². The van der Waals surface area contributed by atoms with Crippen LogP contribution >= 0.6 is 0 Å². The molecule has 2 bridgehead atoms. The summed E-state index contributed by atoms with van der Waals surface area (Å²) in [6, 6.07) is 10.6. The molecule has 2 aliphatic heterocycles. The number of rotatable bonds is 2. The molecular formula is C14H17NO2. The van der Waals surface area contributed by atoms with Gasteiger partial charge in [0.25, 0.3) is 0 Å². The first-order valence-electron chi connectivity index (χ1n) is 6.27. The summed E-state index contributed by atoms with van der Waals surface area (Å²) >= 11 is 0. The number of carbonyl (C=O) groups excluding carboxylic acids is 1. The van der Waals surface area contributed by atoms with Crippen LogP contribution in [0.3, 0.4) is 0 Å². The number of hydrogen-bond acceptors (Lipinski definition) is 3. The highest BCUT2D eigenvalue weighted by molar-refractivity contribution is 5.78. The molecule has 0 N–H and O–H groups in total. The van der Waals surface area contributed by atoms with Gasteiger partial charge >= 0.3 is 5.97 Å². The van der Waals surface area contributed by atoms with Crippen molar-refractivity contribution in [1.82, 2.24) is 4.90 Å². The zero-order chi connectivity index (χ0) is 11.8. The second-order valence-electron chi connectivity index (χ2n) is 4.92. The van der Waals surface area contributed by atoms with Crippen molar-refractivity contribution in [2.75, 3.05) is 6.54 Å². The van der Waals surface area contributed by atoms with Gasteiger partial charge in [-0.15, -0.1) is 0 Å². The molecule has 0 saturated carbocycles. The van der Waals surface area contributed by atoms with Crippen LogP contribution in [0, 0.1) is 0 Å². The molecule has 3 atom stereocenters. The molecule has 0 aliphatic carbocycles. The summed E-state index contributed by atoms with van der Waals surface area (Å²) in [4.78, 5) is 14.0. The number of fused-ring (bicyclic) bond motifs is 2. The Morgan fingerprint density at radius 2 is 2.12 bits per heavy atom. The van der Waals surface area contributed by atoms with E-state index in [4.69, 9.17) is 4.74 Å². The van der Waals surface area contributed by atoms with Crippen molar-refractivity contribution in [3.05, 3.63) is 35.9 Å². The van der Waals surface area contributed by atoms with Gasteiger partial charge in [-0.25, -0.2) is 0 Å². The highest BCUT2D eigenvalue weighted by Gasteiger charge is 2.44. The van der Waals surface area contributed by atoms with E-state index in [1.54, 1.807) is 0 Å². The lowest BCUT2D eigenvalue weighted by atomic mass is 9.98. The number of ether oxygens (including phenoxy) is 1. The van der Waals surface area contributed by atoms with E-state index in [9.17, 15) is 4.79 Å². The van der Waals surface area contributed by atoms with Crippen LogP contribution < -0.4 is 0 Å². The zero-order valence-electron chi connectivity index (χ0n) is 10.0. The van der Waals surface area contributed by atoms with Crippen LogP contribution in [0.15, 0.2) is 30.3 Å². The van der Waals surface area contributed by atoms with Gasteiger partial charge in [-0.1, -0.05) is 30.3 Å². The Balaban J connectivity index is 1.82. The van der Waals surface area contributed by atoms with Crippen LogP contribution in [-0.2, 0) is 9.53 Å². The monoisotopic (exact) mass is 231 g/mol. The Hall–Kier alpha value is -1.35. The number of hydrogen-bond donors (Lipinski definition) is 0. The van der Waals surface area contributed by atoms with Crippen molar-refractivity contribution < 1.29 is 9.53 Å². The van der Waals surface area contributed by atoms with Crippen LogP contribution in [0.1, 0.15) is 31.4 Å². The van der Waals surface area contributed by atoms with E-state index in [-0.39, 0.29) is 24.2 Å². The van der Waals surface area contributed by atoms with E-state index in [0.29, 0.717) is 0 Å². The molecule has 3 nitrogen and oxygen atoms in total. The lowest BCUT2D eigenvalue weighted by Gasteiger charge is -2.34. The number of esters is 1. The summed E-state index contributed by atoms with van der Waals surface area (Å²) in [5.41, 5.74) is 1.27. The van der Waals surface area contributed by atoms with Crippen LogP contribution in [0.5, 0.6) is 0 Å². The molecule has 0 amide bonds. The first kappa shape index (κ1) is 10.8. The SMILES string of the molecule is C[C@H](c1ccccc1)N1CC[C@H]2C[C@@H]1C(=O)O2. The van der Waals surface area contributed by atoms with Gasteiger partial charge in [-0.3, -0.25) is 9.69 Å². The molecule has 1 aromatic carbocycles. The first-order chi connectivity index (χ1) is 8.25. The largest absolute Gasteiger partial charge is 0.461 e. The number of benzene rings is 1. The Labute approximate surface area is 101 Å². The molecule has 3 rings (SSSR count). The summed E-state index contributed by atoms with van der Waals surface area (Å²) in [6.07, 6.45) is 2.02. The predicted molar refractivity (Wildman–Crippen MR) is 64.5 cm³/mol. The molecule has 2 heterocycles. The molecule has 17 heavy (non-hydrogen) atoms. The molecule has 3 heteroatoms. The van der Waals surface area contributed by atoms with Gasteiger partial charge in [-0.2, -0.15) is 0 Å². The summed E-state index contributed by atoms with van der Waals surface area (Å²) in [7, 11) is 0. The number of carbonyl (C=O) groups is 1. The number of piperidine rings is 1. The number of likely N-dealkylation sites (tertiary alicyclic amines) is 1. The fraction of sp³-hybridized carbons (Fsp3) is 0.500. The van der Waals surface area contributed by atoms with E-state index in [1.165, 1.54) is 5.56 Å². The summed E-state index contributed by atoms with van der Waals surface area (Å²) in [6.45, 7) is 3.12. The minimum atomic E-state index is -0.0321. The lowest BCUT2D eigenvalue weighted by Crippen LogP contribution is -2.43. The maximum Gasteiger partial charge on any atom is 0.323 e. The molecule has 0 unspecified atom stereocenters. The molecular weight excluding hydrogens is 214 g/mol.